The average Bonchev–Trinajstić information content (AvgIpc) is 1.98. The van der Waals surface area contributed by atoms with Crippen molar-refractivity contribution in [2.24, 2.45) is 0 Å². The van der Waals surface area contributed by atoms with Gasteiger partial charge in [0, 0.05) is 0 Å². The van der Waals surface area contributed by atoms with Crippen LogP contribution in [0.3, 0.4) is 0 Å². The summed E-state index contributed by atoms with van der Waals surface area (Å²) < 4.78 is 27.9. The van der Waals surface area contributed by atoms with E-state index in [-0.39, 0.29) is 5.75 Å². The third-order valence-electron chi connectivity index (χ3n) is 1.64. The van der Waals surface area contributed by atoms with Gasteiger partial charge in [0.05, 0.1) is 5.75 Å². The van der Waals surface area contributed by atoms with Gasteiger partial charge in [-0.1, -0.05) is 0 Å². The molecule has 0 heterocycles. The van der Waals surface area contributed by atoms with Crippen LogP contribution < -0.4 is 5.32 Å². The molecule has 0 saturated carbocycles. The van der Waals surface area contributed by atoms with Gasteiger partial charge in [0.2, 0.25) is 0 Å². The number of hydrogen-bond acceptors (Lipinski definition) is 5. The predicted molar refractivity (Wildman–Crippen MR) is 63.0 cm³/mol. The smallest absolute Gasteiger partial charge is 0.321 e. The van der Waals surface area contributed by atoms with Crippen molar-refractivity contribution >= 4 is 15.8 Å². The number of esters is 1. The largest absolute Gasteiger partial charge is 0.459 e. The maximum absolute atomic E-state index is 11.5. The van der Waals surface area contributed by atoms with E-state index < -0.39 is 27.2 Å². The van der Waals surface area contributed by atoms with Crippen LogP contribution in [0.5, 0.6) is 0 Å². The number of nitrogens with one attached hydrogen (secondary N) is 1. The topological polar surface area (TPSA) is 72.5 Å². The van der Waals surface area contributed by atoms with Crippen LogP contribution in [0.1, 0.15) is 27.2 Å². The van der Waals surface area contributed by atoms with Gasteiger partial charge < -0.3 is 10.1 Å². The quantitative estimate of drug-likeness (QED) is 0.545. The minimum absolute atomic E-state index is 0.00703. The Hall–Kier alpha value is -0.620. The fourth-order valence-corrected chi connectivity index (χ4v) is 2.24. The summed E-state index contributed by atoms with van der Waals surface area (Å²) in [6.45, 7) is 5.74. The predicted octanol–water partition coefficient (Wildman–Crippen LogP) is 0.352. The molecule has 0 aromatic heterocycles. The Morgan fingerprint density at radius 3 is 2.31 bits per heavy atom. The summed E-state index contributed by atoms with van der Waals surface area (Å²) in [7, 11) is -1.59. The fourth-order valence-electron chi connectivity index (χ4n) is 1.09. The zero-order valence-electron chi connectivity index (χ0n) is 10.4. The molecule has 0 spiro atoms. The maximum Gasteiger partial charge on any atom is 0.321 e. The maximum atomic E-state index is 11.5. The van der Waals surface area contributed by atoms with Gasteiger partial charge in [0.1, 0.15) is 11.4 Å². The molecule has 0 saturated heterocycles. The van der Waals surface area contributed by atoms with Crippen LogP contribution in [0, 0.1) is 0 Å². The Balaban J connectivity index is 4.11. The molecule has 0 rings (SSSR count). The minimum atomic E-state index is -3.34. The summed E-state index contributed by atoms with van der Waals surface area (Å²) in [5, 5.41) is 2.85. The molecule has 0 aliphatic carbocycles. The molecule has 5 nitrogen and oxygen atoms in total. The third kappa shape index (κ3) is 8.67. The van der Waals surface area contributed by atoms with E-state index in [1.54, 1.807) is 27.8 Å². The first kappa shape index (κ1) is 15.4. The highest BCUT2D eigenvalue weighted by molar-refractivity contribution is 7.92. The molecule has 96 valence electrons. The van der Waals surface area contributed by atoms with Crippen molar-refractivity contribution < 1.29 is 17.9 Å². The Morgan fingerprint density at radius 1 is 1.31 bits per heavy atom. The van der Waals surface area contributed by atoms with Gasteiger partial charge in [-0.3, -0.25) is 4.79 Å². The average molecular weight is 251 g/mol. The summed E-state index contributed by atoms with van der Waals surface area (Å²) in [4.78, 5) is 11.3. The van der Waals surface area contributed by atoms with E-state index in [2.05, 4.69) is 5.32 Å². The molecule has 0 unspecified atom stereocenters. The summed E-state index contributed by atoms with van der Waals surface area (Å²) >= 11 is 0. The number of carbonyl (C=O) groups is 1. The molecule has 0 atom stereocenters. The molecule has 0 aromatic carbocycles. The normalized spacial score (nSPS) is 12.5. The molecule has 0 fully saturated rings. The standard InChI is InChI=1S/C10H21NO4S/c1-10(2,3)15-9(12)8-16(13,14)7-5-6-11-4/h11H,5-8H2,1-4H3. The van der Waals surface area contributed by atoms with Crippen LogP contribution in [-0.4, -0.2) is 45.1 Å². The lowest BCUT2D eigenvalue weighted by atomic mass is 10.2. The van der Waals surface area contributed by atoms with Crippen LogP contribution >= 0.6 is 0 Å². The van der Waals surface area contributed by atoms with Crippen LogP contribution in [0.2, 0.25) is 0 Å². The van der Waals surface area contributed by atoms with E-state index >= 15 is 0 Å². The van der Waals surface area contributed by atoms with E-state index in [4.69, 9.17) is 4.74 Å². The third-order valence-corrected chi connectivity index (χ3v) is 3.23. The molecule has 0 aromatic rings. The van der Waals surface area contributed by atoms with Crippen LogP contribution in [0.4, 0.5) is 0 Å². The van der Waals surface area contributed by atoms with Crippen molar-refractivity contribution in [2.45, 2.75) is 32.8 Å². The Kier molecular flexibility index (Phi) is 5.96. The second kappa shape index (κ2) is 6.20. The second-order valence-electron chi connectivity index (χ2n) is 4.64. The van der Waals surface area contributed by atoms with Crippen molar-refractivity contribution in [1.82, 2.24) is 5.32 Å². The zero-order valence-corrected chi connectivity index (χ0v) is 11.2. The van der Waals surface area contributed by atoms with Crippen LogP contribution in [0.25, 0.3) is 0 Å². The van der Waals surface area contributed by atoms with Crippen molar-refractivity contribution in [3.05, 3.63) is 0 Å². The molecule has 0 aliphatic rings. The van der Waals surface area contributed by atoms with Gasteiger partial charge >= 0.3 is 5.97 Å². The molecule has 0 amide bonds. The summed E-state index contributed by atoms with van der Waals surface area (Å²) in [6, 6.07) is 0. The molecule has 0 radical (unpaired) electrons. The summed E-state index contributed by atoms with van der Waals surface area (Å²) in [5.74, 6) is -1.21. The van der Waals surface area contributed by atoms with E-state index in [1.165, 1.54) is 0 Å². The first-order chi connectivity index (χ1) is 7.16. The Morgan fingerprint density at radius 2 is 1.88 bits per heavy atom. The molecular weight excluding hydrogens is 230 g/mol. The van der Waals surface area contributed by atoms with Crippen molar-refractivity contribution in [3.63, 3.8) is 0 Å². The highest BCUT2D eigenvalue weighted by atomic mass is 32.2. The lowest BCUT2D eigenvalue weighted by Crippen LogP contribution is -2.29. The van der Waals surface area contributed by atoms with Crippen molar-refractivity contribution in [1.29, 1.82) is 0 Å². The number of rotatable bonds is 6. The Labute approximate surface area is 97.5 Å². The van der Waals surface area contributed by atoms with Gasteiger partial charge in [0.25, 0.3) is 0 Å². The molecule has 16 heavy (non-hydrogen) atoms. The summed E-state index contributed by atoms with van der Waals surface area (Å²) in [6.07, 6.45) is 0.502. The lowest BCUT2D eigenvalue weighted by Gasteiger charge is -2.19. The minimum Gasteiger partial charge on any atom is -0.459 e. The van der Waals surface area contributed by atoms with E-state index in [1.807, 2.05) is 0 Å². The van der Waals surface area contributed by atoms with Crippen molar-refractivity contribution in [3.8, 4) is 0 Å². The fraction of sp³-hybridized carbons (Fsp3) is 0.900. The van der Waals surface area contributed by atoms with Gasteiger partial charge in [0.15, 0.2) is 9.84 Å². The second-order valence-corrected chi connectivity index (χ2v) is 6.82. The highest BCUT2D eigenvalue weighted by Crippen LogP contribution is 2.08. The first-order valence-corrected chi connectivity index (χ1v) is 7.05. The summed E-state index contributed by atoms with van der Waals surface area (Å²) in [5.41, 5.74) is -0.641. The zero-order chi connectivity index (χ0) is 12.8. The molecular formula is C10H21NO4S. The molecule has 0 aliphatic heterocycles. The monoisotopic (exact) mass is 251 g/mol. The Bertz CT molecular complexity index is 316. The molecule has 1 N–H and O–H groups in total. The van der Waals surface area contributed by atoms with Gasteiger partial charge in [-0.2, -0.15) is 0 Å². The lowest BCUT2D eigenvalue weighted by molar-refractivity contribution is -0.151. The SMILES string of the molecule is CNCCCS(=O)(=O)CC(=O)OC(C)(C)C. The molecule has 0 bridgehead atoms. The van der Waals surface area contributed by atoms with E-state index in [0.29, 0.717) is 13.0 Å². The first-order valence-electron chi connectivity index (χ1n) is 5.23. The van der Waals surface area contributed by atoms with E-state index in [9.17, 15) is 13.2 Å². The number of ether oxygens (including phenoxy) is 1. The van der Waals surface area contributed by atoms with Gasteiger partial charge in [-0.15, -0.1) is 0 Å². The van der Waals surface area contributed by atoms with E-state index in [0.717, 1.165) is 0 Å². The number of carbonyl (C=O) groups excluding carboxylic acids is 1. The molecule has 6 heteroatoms. The van der Waals surface area contributed by atoms with Crippen molar-refractivity contribution in [2.75, 3.05) is 25.1 Å². The van der Waals surface area contributed by atoms with Gasteiger partial charge in [-0.25, -0.2) is 8.42 Å². The van der Waals surface area contributed by atoms with Crippen LogP contribution in [-0.2, 0) is 19.4 Å². The number of sulfone groups is 1. The van der Waals surface area contributed by atoms with Crippen LogP contribution in [0.15, 0.2) is 0 Å². The number of hydrogen-bond donors (Lipinski definition) is 1. The van der Waals surface area contributed by atoms with Gasteiger partial charge in [-0.05, 0) is 40.8 Å². The highest BCUT2D eigenvalue weighted by Gasteiger charge is 2.22.